The molecule has 358 valence electrons. The van der Waals surface area contributed by atoms with Gasteiger partial charge < -0.3 is 39.0 Å². The molecule has 0 aromatic carbocycles. The quantitative estimate of drug-likeness (QED) is 0.0456. The number of aryl methyl sites for hydroxylation is 2. The van der Waals surface area contributed by atoms with Crippen molar-refractivity contribution in [2.24, 2.45) is 0 Å². The number of nitrogens with one attached hydrogen (secondary N) is 3. The Morgan fingerprint density at radius 3 is 2.34 bits per heavy atom. The van der Waals surface area contributed by atoms with Crippen molar-refractivity contribution < 1.29 is 47.7 Å². The van der Waals surface area contributed by atoms with Crippen LogP contribution in [0.5, 0.6) is 0 Å². The average Bonchev–Trinajstić information content (AvgIpc) is 3.97. The molecular weight excluding hydrogens is 859 g/mol. The molecule has 67 heavy (non-hydrogen) atoms. The first kappa shape index (κ1) is 48.8. The second kappa shape index (κ2) is 20.8. The van der Waals surface area contributed by atoms with E-state index < -0.39 is 23.6 Å². The van der Waals surface area contributed by atoms with E-state index in [0.717, 1.165) is 39.2 Å². The van der Waals surface area contributed by atoms with Gasteiger partial charge in [-0.15, -0.1) is 0 Å². The maximum Gasteiger partial charge on any atom is 0.407 e. The number of hydrogen-bond donors (Lipinski definition) is 3. The SMILES string of the molecule is CCC1=C(C)c2cc3[nH]c(cc4nc(c5c6[nH]c(cc1n2)c(C)c6C(=O)N(CCN1CCOCC1)C5=O)[C@@H](CCC(=O)OC)[C@@H]4C)c(C)c3/C=C/C(=O)OCCOCCNC(=O)OC(C)(C)C. The molecule has 2 atom stereocenters. The molecule has 4 aliphatic rings. The minimum atomic E-state index is -0.606. The van der Waals surface area contributed by atoms with E-state index in [1.165, 1.54) is 18.1 Å². The molecule has 7 rings (SSSR count). The Bertz CT molecular complexity index is 2670. The van der Waals surface area contributed by atoms with Gasteiger partial charge in [0.05, 0.1) is 67.3 Å². The molecule has 0 unspecified atom stereocenters. The average molecular weight is 922 g/mol. The van der Waals surface area contributed by atoms with Gasteiger partial charge in [-0.1, -0.05) is 13.8 Å². The summed E-state index contributed by atoms with van der Waals surface area (Å²) in [5.41, 5.74) is 9.51. The number of morpholine rings is 1. The van der Waals surface area contributed by atoms with Gasteiger partial charge in [-0.2, -0.15) is 0 Å². The van der Waals surface area contributed by atoms with Gasteiger partial charge in [0, 0.05) is 84.9 Å². The van der Waals surface area contributed by atoms with E-state index in [0.29, 0.717) is 90.3 Å². The number of alkyl carbamates (subject to hydrolysis) is 1. The van der Waals surface area contributed by atoms with Gasteiger partial charge in [0.2, 0.25) is 0 Å². The Morgan fingerprint density at radius 2 is 1.63 bits per heavy atom. The van der Waals surface area contributed by atoms with Crippen LogP contribution in [0.25, 0.3) is 39.3 Å². The summed E-state index contributed by atoms with van der Waals surface area (Å²) in [4.78, 5) is 88.1. The van der Waals surface area contributed by atoms with Crippen LogP contribution in [-0.4, -0.2) is 138 Å². The number of hydrogen-bond acceptors (Lipinski definition) is 13. The number of rotatable bonds is 15. The smallest absolute Gasteiger partial charge is 0.407 e. The molecular formula is C50H63N7O10. The van der Waals surface area contributed by atoms with Crippen LogP contribution in [0.4, 0.5) is 4.79 Å². The zero-order chi connectivity index (χ0) is 48.2. The first-order valence-corrected chi connectivity index (χ1v) is 23.1. The van der Waals surface area contributed by atoms with E-state index in [1.54, 1.807) is 26.8 Å². The molecule has 3 aromatic rings. The lowest BCUT2D eigenvalue weighted by Gasteiger charge is -2.31. The van der Waals surface area contributed by atoms with Crippen LogP contribution in [0.15, 0.2) is 24.3 Å². The number of amides is 3. The highest BCUT2D eigenvalue weighted by molar-refractivity contribution is 6.23. The molecule has 0 spiro atoms. The summed E-state index contributed by atoms with van der Waals surface area (Å²) in [5, 5.41) is 2.62. The lowest BCUT2D eigenvalue weighted by Crippen LogP contribution is -2.47. The predicted octanol–water partition coefficient (Wildman–Crippen LogP) is 7.14. The van der Waals surface area contributed by atoms with E-state index in [-0.39, 0.29) is 63.0 Å². The van der Waals surface area contributed by atoms with Crippen LogP contribution in [0.3, 0.4) is 0 Å². The van der Waals surface area contributed by atoms with Crippen LogP contribution in [0.1, 0.15) is 133 Å². The monoisotopic (exact) mass is 921 g/mol. The number of methoxy groups -OCH3 is 1. The number of aromatic nitrogens is 4. The predicted molar refractivity (Wildman–Crippen MR) is 253 cm³/mol. The maximum atomic E-state index is 15.0. The molecule has 0 saturated carbocycles. The van der Waals surface area contributed by atoms with Gasteiger partial charge >= 0.3 is 18.0 Å². The highest BCUT2D eigenvalue weighted by atomic mass is 16.6. The van der Waals surface area contributed by atoms with E-state index in [9.17, 15) is 24.0 Å². The second-order valence-electron chi connectivity index (χ2n) is 18.2. The van der Waals surface area contributed by atoms with Crippen molar-refractivity contribution in [3.63, 3.8) is 0 Å². The molecule has 3 amide bonds. The standard InChI is InChI=1S/C50H63N7O10/c1-10-32-28(2)36-26-40-33(11-14-42(59)66-24-23-64-20-15-51-49(62)67-50(6,7)8)29(3)35(53-40)25-37-30(4)34(12-13-41(58)63-9)45(54-37)44-46-43(31(5)38(55-46)27-39(32)52-36)47(60)57(48(44)61)17-16-56-18-21-65-22-19-56/h11,14,25-27,30,34,53,55H,10,12-13,15-24H2,1-9H3,(H,51,62)/b14-11+,35-25?,36-26?,37-25?,38-27?,39-27?,40-26?,45-44?/t30-,34-/m0/s1. The number of nitrogens with zero attached hydrogens (tertiary/aromatic N) is 4. The van der Waals surface area contributed by atoms with Gasteiger partial charge in [0.25, 0.3) is 11.8 Å². The fourth-order valence-electron chi connectivity index (χ4n) is 9.05. The van der Waals surface area contributed by atoms with Gasteiger partial charge in [0.15, 0.2) is 0 Å². The largest absolute Gasteiger partial charge is 0.469 e. The lowest BCUT2D eigenvalue weighted by molar-refractivity contribution is -0.141. The third-order valence-corrected chi connectivity index (χ3v) is 12.7. The minimum absolute atomic E-state index is 0.00754. The number of H-pyrrole nitrogens is 2. The fraction of sp³-hybridized carbons (Fsp3) is 0.500. The number of carbonyl (C=O) groups is 5. The summed E-state index contributed by atoms with van der Waals surface area (Å²) in [7, 11) is 1.35. The molecule has 7 heterocycles. The summed E-state index contributed by atoms with van der Waals surface area (Å²) >= 11 is 0. The third kappa shape index (κ3) is 10.8. The van der Waals surface area contributed by atoms with Crippen molar-refractivity contribution >= 4 is 69.1 Å². The molecule has 3 aromatic heterocycles. The molecule has 17 heteroatoms. The first-order valence-electron chi connectivity index (χ1n) is 23.1. The third-order valence-electron chi connectivity index (χ3n) is 12.7. The molecule has 0 radical (unpaired) electrons. The topological polar surface area (TPSA) is 207 Å². The highest BCUT2D eigenvalue weighted by Crippen LogP contribution is 2.44. The van der Waals surface area contributed by atoms with E-state index in [4.69, 9.17) is 33.7 Å². The Balaban J connectivity index is 1.31. The lowest BCUT2D eigenvalue weighted by atomic mass is 9.84. The summed E-state index contributed by atoms with van der Waals surface area (Å²) < 4.78 is 26.8. The second-order valence-corrected chi connectivity index (χ2v) is 18.2. The van der Waals surface area contributed by atoms with E-state index in [2.05, 4.69) is 27.1 Å². The minimum Gasteiger partial charge on any atom is -0.469 e. The molecule has 3 N–H and O–H groups in total. The Labute approximate surface area is 390 Å². The van der Waals surface area contributed by atoms with Crippen molar-refractivity contribution in [1.82, 2.24) is 35.1 Å². The van der Waals surface area contributed by atoms with Crippen molar-refractivity contribution in [3.05, 3.63) is 74.9 Å². The number of esters is 2. The van der Waals surface area contributed by atoms with E-state index >= 15 is 0 Å². The van der Waals surface area contributed by atoms with Gasteiger partial charge in [-0.3, -0.25) is 29.2 Å². The Kier molecular flexibility index (Phi) is 15.1. The number of imide groups is 1. The Morgan fingerprint density at radius 1 is 0.910 bits per heavy atom. The highest BCUT2D eigenvalue weighted by Gasteiger charge is 2.41. The van der Waals surface area contributed by atoms with Crippen LogP contribution in [-0.2, 0) is 33.3 Å². The van der Waals surface area contributed by atoms with Crippen LogP contribution in [0.2, 0.25) is 0 Å². The van der Waals surface area contributed by atoms with Crippen molar-refractivity contribution in [2.75, 3.05) is 72.9 Å². The number of ether oxygens (including phenoxy) is 5. The zero-order valence-electron chi connectivity index (χ0n) is 40.1. The summed E-state index contributed by atoms with van der Waals surface area (Å²) in [5.74, 6) is -2.39. The van der Waals surface area contributed by atoms with Crippen molar-refractivity contribution in [2.45, 2.75) is 92.1 Å². The normalized spacial score (nSPS) is 17.7. The van der Waals surface area contributed by atoms with Gasteiger partial charge in [0.1, 0.15) is 12.2 Å². The van der Waals surface area contributed by atoms with Gasteiger partial charge in [-0.25, -0.2) is 14.6 Å². The fourth-order valence-corrected chi connectivity index (χ4v) is 9.05. The molecule has 8 bridgehead atoms. The number of allylic oxidation sites excluding steroid dienone is 2. The molecule has 17 nitrogen and oxygen atoms in total. The van der Waals surface area contributed by atoms with Crippen LogP contribution in [0, 0.1) is 13.8 Å². The Hall–Kier alpha value is -6.17. The summed E-state index contributed by atoms with van der Waals surface area (Å²) in [6, 6.07) is 5.87. The summed E-state index contributed by atoms with van der Waals surface area (Å²) in [6.45, 7) is 19.2. The number of aromatic amines is 2. The maximum absolute atomic E-state index is 15.0. The van der Waals surface area contributed by atoms with Crippen molar-refractivity contribution in [3.8, 4) is 0 Å². The van der Waals surface area contributed by atoms with Gasteiger partial charge in [-0.05, 0) is 101 Å². The van der Waals surface area contributed by atoms with E-state index in [1.807, 2.05) is 45.9 Å². The molecule has 1 saturated heterocycles. The first-order chi connectivity index (χ1) is 32.0. The zero-order valence-corrected chi connectivity index (χ0v) is 40.1. The van der Waals surface area contributed by atoms with Crippen LogP contribution < -0.4 is 5.32 Å². The molecule has 0 aliphatic carbocycles. The summed E-state index contributed by atoms with van der Waals surface area (Å²) in [6.07, 6.45) is 3.68. The van der Waals surface area contributed by atoms with Crippen molar-refractivity contribution in [1.29, 1.82) is 0 Å². The number of fused-ring (bicyclic) bond motifs is 8. The number of carbonyl (C=O) groups excluding carboxylic acids is 5. The van der Waals surface area contributed by atoms with Crippen LogP contribution >= 0.6 is 0 Å². The molecule has 1 fully saturated rings. The molecule has 4 aliphatic heterocycles.